The Hall–Kier alpha value is -2.11. The van der Waals surface area contributed by atoms with Crippen LogP contribution in [0, 0.1) is 6.92 Å². The summed E-state index contributed by atoms with van der Waals surface area (Å²) in [5.74, 6) is 1.14. The molecule has 0 saturated carbocycles. The Morgan fingerprint density at radius 1 is 1.40 bits per heavy atom. The van der Waals surface area contributed by atoms with E-state index < -0.39 is 5.54 Å². The Balaban J connectivity index is 2.20. The molecule has 0 bridgehead atoms. The van der Waals surface area contributed by atoms with Crippen LogP contribution >= 0.6 is 0 Å². The second-order valence-corrected chi connectivity index (χ2v) is 5.59. The minimum Gasteiger partial charge on any atom is -0.459 e. The number of amides is 1. The van der Waals surface area contributed by atoms with Gasteiger partial charge in [0.1, 0.15) is 5.54 Å². The van der Waals surface area contributed by atoms with Crippen LogP contribution < -0.4 is 5.32 Å². The van der Waals surface area contributed by atoms with Crippen LogP contribution in [0.25, 0.3) is 0 Å². The highest BCUT2D eigenvalue weighted by Crippen LogP contribution is 2.23. The van der Waals surface area contributed by atoms with Crippen LogP contribution in [-0.4, -0.2) is 16.0 Å². The monoisotopic (exact) mass is 277 g/mol. The van der Waals surface area contributed by atoms with Crippen molar-refractivity contribution in [1.29, 1.82) is 0 Å². The molecule has 0 aromatic carbocycles. The summed E-state index contributed by atoms with van der Waals surface area (Å²) < 4.78 is 10.4. The third-order valence-corrected chi connectivity index (χ3v) is 3.01. The molecule has 20 heavy (non-hydrogen) atoms. The van der Waals surface area contributed by atoms with E-state index in [0.29, 0.717) is 17.5 Å². The zero-order valence-corrected chi connectivity index (χ0v) is 12.4. The van der Waals surface area contributed by atoms with Gasteiger partial charge < -0.3 is 14.3 Å². The highest BCUT2D eigenvalue weighted by Gasteiger charge is 2.31. The number of carbonyl (C=O) groups is 1. The molecule has 1 N–H and O–H groups in total. The van der Waals surface area contributed by atoms with E-state index in [2.05, 4.69) is 15.5 Å². The Bertz CT molecular complexity index is 611. The molecule has 0 aliphatic rings. The predicted octanol–water partition coefficient (Wildman–Crippen LogP) is 2.76. The van der Waals surface area contributed by atoms with Crippen molar-refractivity contribution in [3.05, 3.63) is 35.4 Å². The Morgan fingerprint density at radius 2 is 2.10 bits per heavy atom. The predicted molar refractivity (Wildman–Crippen MR) is 72.3 cm³/mol. The van der Waals surface area contributed by atoms with E-state index in [-0.39, 0.29) is 11.8 Å². The quantitative estimate of drug-likeness (QED) is 0.929. The second-order valence-electron chi connectivity index (χ2n) is 5.59. The normalized spacial score (nSPS) is 11.9. The molecule has 0 saturated heterocycles. The second kappa shape index (κ2) is 5.11. The first-order valence-corrected chi connectivity index (χ1v) is 6.52. The molecule has 0 spiro atoms. The van der Waals surface area contributed by atoms with Crippen LogP contribution in [-0.2, 0) is 5.54 Å². The first-order chi connectivity index (χ1) is 9.31. The number of nitrogens with zero attached hydrogens (tertiary/aromatic N) is 2. The molecular formula is C14H19N3O3. The van der Waals surface area contributed by atoms with E-state index >= 15 is 0 Å². The fourth-order valence-corrected chi connectivity index (χ4v) is 1.90. The van der Waals surface area contributed by atoms with Crippen molar-refractivity contribution in [1.82, 2.24) is 15.5 Å². The summed E-state index contributed by atoms with van der Waals surface area (Å²) in [4.78, 5) is 16.5. The largest absolute Gasteiger partial charge is 0.459 e. The van der Waals surface area contributed by atoms with Crippen LogP contribution in [0.2, 0.25) is 0 Å². The van der Waals surface area contributed by atoms with Gasteiger partial charge in [0, 0.05) is 5.56 Å². The van der Waals surface area contributed by atoms with Crippen molar-refractivity contribution in [2.24, 2.45) is 0 Å². The van der Waals surface area contributed by atoms with E-state index in [0.717, 1.165) is 5.56 Å². The maximum Gasteiger partial charge on any atom is 0.288 e. The van der Waals surface area contributed by atoms with E-state index in [1.54, 1.807) is 20.8 Å². The molecule has 2 aromatic rings. The van der Waals surface area contributed by atoms with Crippen LogP contribution in [0.4, 0.5) is 0 Å². The molecule has 0 aliphatic heterocycles. The lowest BCUT2D eigenvalue weighted by Gasteiger charge is -2.21. The number of aromatic nitrogens is 2. The number of rotatable bonds is 4. The van der Waals surface area contributed by atoms with E-state index in [9.17, 15) is 4.79 Å². The summed E-state index contributed by atoms with van der Waals surface area (Å²) in [6, 6.07) is 1.81. The molecule has 0 fully saturated rings. The fraction of sp³-hybridized carbons (Fsp3) is 0.500. The summed E-state index contributed by atoms with van der Waals surface area (Å²) in [6.45, 7) is 9.35. The molecule has 0 unspecified atom stereocenters. The van der Waals surface area contributed by atoms with Gasteiger partial charge in [-0.2, -0.15) is 4.98 Å². The van der Waals surface area contributed by atoms with Gasteiger partial charge in [0.15, 0.2) is 11.6 Å². The van der Waals surface area contributed by atoms with Crippen molar-refractivity contribution in [3.63, 3.8) is 0 Å². The SMILES string of the molecule is Cc1noc(C(C)(C)NC(=O)c2occc2C(C)C)n1. The van der Waals surface area contributed by atoms with Gasteiger partial charge in [-0.15, -0.1) is 0 Å². The van der Waals surface area contributed by atoms with Gasteiger partial charge in [-0.25, -0.2) is 0 Å². The van der Waals surface area contributed by atoms with Crippen LogP contribution in [0.1, 0.15) is 61.4 Å². The molecule has 6 nitrogen and oxygen atoms in total. The van der Waals surface area contributed by atoms with Gasteiger partial charge in [-0.1, -0.05) is 19.0 Å². The van der Waals surface area contributed by atoms with Gasteiger partial charge in [-0.05, 0) is 32.8 Å². The third kappa shape index (κ3) is 2.74. The van der Waals surface area contributed by atoms with Crippen LogP contribution in [0.5, 0.6) is 0 Å². The average molecular weight is 277 g/mol. The number of carbonyl (C=O) groups excluding carboxylic acids is 1. The summed E-state index contributed by atoms with van der Waals surface area (Å²) >= 11 is 0. The third-order valence-electron chi connectivity index (χ3n) is 3.01. The first-order valence-electron chi connectivity index (χ1n) is 6.52. The van der Waals surface area contributed by atoms with E-state index in [4.69, 9.17) is 8.94 Å². The molecule has 0 radical (unpaired) electrons. The average Bonchev–Trinajstić information content (AvgIpc) is 2.96. The molecule has 108 valence electrons. The number of hydrogen-bond acceptors (Lipinski definition) is 5. The van der Waals surface area contributed by atoms with Gasteiger partial charge in [0.2, 0.25) is 0 Å². The molecule has 2 aromatic heterocycles. The van der Waals surface area contributed by atoms with Crippen molar-refractivity contribution in [2.45, 2.75) is 46.1 Å². The standard InChI is InChI=1S/C14H19N3O3/c1-8(2)10-6-7-19-11(10)12(18)16-14(4,5)13-15-9(3)17-20-13/h6-8H,1-5H3,(H,16,18). The van der Waals surface area contributed by atoms with E-state index in [1.165, 1.54) is 6.26 Å². The highest BCUT2D eigenvalue weighted by molar-refractivity contribution is 5.93. The molecule has 0 atom stereocenters. The number of nitrogens with one attached hydrogen (secondary N) is 1. The number of furan rings is 1. The van der Waals surface area contributed by atoms with E-state index in [1.807, 2.05) is 19.9 Å². The molecular weight excluding hydrogens is 258 g/mol. The van der Waals surface area contributed by atoms with Crippen molar-refractivity contribution in [3.8, 4) is 0 Å². The number of aryl methyl sites for hydroxylation is 1. The summed E-state index contributed by atoms with van der Waals surface area (Å²) in [6.07, 6.45) is 1.52. The van der Waals surface area contributed by atoms with Gasteiger partial charge in [-0.3, -0.25) is 4.79 Å². The number of hydrogen-bond donors (Lipinski definition) is 1. The molecule has 2 rings (SSSR count). The Labute approximate surface area is 117 Å². The maximum absolute atomic E-state index is 12.3. The smallest absolute Gasteiger partial charge is 0.288 e. The zero-order valence-electron chi connectivity index (χ0n) is 12.4. The topological polar surface area (TPSA) is 81.2 Å². The van der Waals surface area contributed by atoms with Crippen molar-refractivity contribution >= 4 is 5.91 Å². The Morgan fingerprint density at radius 3 is 2.65 bits per heavy atom. The van der Waals surface area contributed by atoms with Gasteiger partial charge >= 0.3 is 0 Å². The van der Waals surface area contributed by atoms with Gasteiger partial charge in [0.05, 0.1) is 6.26 Å². The summed E-state index contributed by atoms with van der Waals surface area (Å²) in [5, 5.41) is 6.59. The van der Waals surface area contributed by atoms with Crippen LogP contribution in [0.15, 0.2) is 21.3 Å². The molecule has 1 amide bonds. The van der Waals surface area contributed by atoms with Gasteiger partial charge in [0.25, 0.3) is 11.8 Å². The van der Waals surface area contributed by atoms with Crippen molar-refractivity contribution in [2.75, 3.05) is 0 Å². The lowest BCUT2D eigenvalue weighted by molar-refractivity contribution is 0.0864. The van der Waals surface area contributed by atoms with Crippen LogP contribution in [0.3, 0.4) is 0 Å². The molecule has 2 heterocycles. The minimum atomic E-state index is -0.765. The first kappa shape index (κ1) is 14.3. The molecule has 0 aliphatic carbocycles. The lowest BCUT2D eigenvalue weighted by Crippen LogP contribution is -2.41. The lowest BCUT2D eigenvalue weighted by atomic mass is 10.0. The van der Waals surface area contributed by atoms with Crippen molar-refractivity contribution < 1.29 is 13.7 Å². The molecule has 6 heteroatoms. The highest BCUT2D eigenvalue weighted by atomic mass is 16.5. The zero-order chi connectivity index (χ0) is 14.9. The summed E-state index contributed by atoms with van der Waals surface area (Å²) in [7, 11) is 0. The Kier molecular flexibility index (Phi) is 3.65. The summed E-state index contributed by atoms with van der Waals surface area (Å²) in [5.41, 5.74) is 0.111. The minimum absolute atomic E-state index is 0.211. The fourth-order valence-electron chi connectivity index (χ4n) is 1.90. The maximum atomic E-state index is 12.3.